The van der Waals surface area contributed by atoms with Gasteiger partial charge in [-0.1, -0.05) is 29.0 Å². The van der Waals surface area contributed by atoms with Crippen LogP contribution in [-0.2, 0) is 19.1 Å². The molecule has 1 atom stereocenters. The standard InChI is InChI=1S/C29H29ClN2O9S/c1-6-39-20-13-17(8-9-19(20)41-14-23(33)38-5)25-24(28(36)40-7-2)15(3)31-29-32(25)27(35)22(42-29)12-16-10-18(30)26(34)21(11-16)37-4/h8-13,25,34H,6-7,14H2,1-5H3/b22-12-/t25-/m0/s1. The van der Waals surface area contributed by atoms with E-state index in [1.54, 1.807) is 51.1 Å². The van der Waals surface area contributed by atoms with Crippen molar-refractivity contribution >= 4 is 41.0 Å². The fourth-order valence-corrected chi connectivity index (χ4v) is 5.63. The molecule has 222 valence electrons. The molecule has 11 nitrogen and oxygen atoms in total. The van der Waals surface area contributed by atoms with E-state index in [0.717, 1.165) is 11.3 Å². The lowest BCUT2D eigenvalue weighted by Crippen LogP contribution is -2.40. The number of methoxy groups -OCH3 is 2. The fourth-order valence-electron chi connectivity index (χ4n) is 4.37. The van der Waals surface area contributed by atoms with Gasteiger partial charge in [0.2, 0.25) is 0 Å². The van der Waals surface area contributed by atoms with Crippen LogP contribution in [0.5, 0.6) is 23.0 Å². The van der Waals surface area contributed by atoms with Crippen LogP contribution in [0.15, 0.2) is 51.4 Å². The third kappa shape index (κ3) is 6.14. The molecule has 0 fully saturated rings. The summed E-state index contributed by atoms with van der Waals surface area (Å²) in [6.45, 7) is 5.25. The van der Waals surface area contributed by atoms with Gasteiger partial charge >= 0.3 is 11.9 Å². The zero-order valence-electron chi connectivity index (χ0n) is 23.6. The van der Waals surface area contributed by atoms with Crippen molar-refractivity contribution in [3.8, 4) is 23.0 Å². The number of benzene rings is 2. The number of allylic oxidation sites excluding steroid dienone is 1. The lowest BCUT2D eigenvalue weighted by molar-refractivity contribution is -0.143. The number of nitrogens with zero attached hydrogens (tertiary/aromatic N) is 2. The smallest absolute Gasteiger partial charge is 0.343 e. The van der Waals surface area contributed by atoms with Crippen molar-refractivity contribution in [3.63, 3.8) is 0 Å². The molecule has 3 aromatic rings. The minimum absolute atomic E-state index is 0.0599. The summed E-state index contributed by atoms with van der Waals surface area (Å²) < 4.78 is 28.3. The van der Waals surface area contributed by atoms with Crippen molar-refractivity contribution in [2.75, 3.05) is 34.0 Å². The molecule has 4 rings (SSSR count). The molecule has 0 amide bonds. The predicted molar refractivity (Wildman–Crippen MR) is 155 cm³/mol. The second-order valence-corrected chi connectivity index (χ2v) is 10.3. The number of aromatic hydroxyl groups is 1. The number of rotatable bonds is 10. The van der Waals surface area contributed by atoms with Gasteiger partial charge in [0, 0.05) is 0 Å². The molecule has 1 N–H and O–H groups in total. The maximum atomic E-state index is 13.9. The summed E-state index contributed by atoms with van der Waals surface area (Å²) in [5.41, 5.74) is 1.22. The van der Waals surface area contributed by atoms with Gasteiger partial charge in [-0.25, -0.2) is 14.6 Å². The van der Waals surface area contributed by atoms with Crippen molar-refractivity contribution in [3.05, 3.63) is 77.4 Å². The molecule has 0 bridgehead atoms. The minimum Gasteiger partial charge on any atom is -0.503 e. The Hall–Kier alpha value is -4.29. The van der Waals surface area contributed by atoms with Crippen LogP contribution in [0.1, 0.15) is 37.9 Å². The van der Waals surface area contributed by atoms with E-state index in [1.807, 2.05) is 0 Å². The third-order valence-corrected chi connectivity index (χ3v) is 7.51. The average Bonchev–Trinajstić information content (AvgIpc) is 3.27. The number of thiazole rings is 1. The molecule has 1 aliphatic heterocycles. The van der Waals surface area contributed by atoms with Crippen LogP contribution in [0.25, 0.3) is 6.08 Å². The molecule has 0 radical (unpaired) electrons. The van der Waals surface area contributed by atoms with Crippen LogP contribution < -0.4 is 29.1 Å². The number of aromatic nitrogens is 1. The molecule has 0 unspecified atom stereocenters. The van der Waals surface area contributed by atoms with Crippen molar-refractivity contribution < 1.29 is 38.4 Å². The number of esters is 2. The van der Waals surface area contributed by atoms with Crippen LogP contribution in [0.3, 0.4) is 0 Å². The Morgan fingerprint density at radius 1 is 1.10 bits per heavy atom. The number of carbonyl (C=O) groups excluding carboxylic acids is 2. The first kappa shape index (κ1) is 30.7. The third-order valence-electron chi connectivity index (χ3n) is 6.24. The Kier molecular flexibility index (Phi) is 9.59. The predicted octanol–water partition coefficient (Wildman–Crippen LogP) is 3.12. The fraction of sp³-hybridized carbons (Fsp3) is 0.310. The second kappa shape index (κ2) is 13.1. The van der Waals surface area contributed by atoms with E-state index in [1.165, 1.54) is 24.9 Å². The molecule has 0 saturated heterocycles. The number of ether oxygens (including phenoxy) is 5. The van der Waals surface area contributed by atoms with Gasteiger partial charge in [0.25, 0.3) is 5.56 Å². The Morgan fingerprint density at radius 3 is 2.52 bits per heavy atom. The van der Waals surface area contributed by atoms with E-state index in [0.29, 0.717) is 38.5 Å². The van der Waals surface area contributed by atoms with Crippen molar-refractivity contribution in [2.24, 2.45) is 4.99 Å². The molecule has 1 aromatic heterocycles. The highest BCUT2D eigenvalue weighted by Crippen LogP contribution is 2.37. The summed E-state index contributed by atoms with van der Waals surface area (Å²) in [6.07, 6.45) is 1.60. The molecule has 13 heteroatoms. The number of halogens is 1. The van der Waals surface area contributed by atoms with E-state index in [9.17, 15) is 19.5 Å². The zero-order valence-corrected chi connectivity index (χ0v) is 25.1. The van der Waals surface area contributed by atoms with Crippen molar-refractivity contribution in [2.45, 2.75) is 26.8 Å². The Balaban J connectivity index is 1.91. The molecular formula is C29H29ClN2O9S. The molecule has 2 aromatic carbocycles. The van der Waals surface area contributed by atoms with Crippen LogP contribution in [0.2, 0.25) is 5.02 Å². The van der Waals surface area contributed by atoms with Gasteiger partial charge in [-0.2, -0.15) is 0 Å². The number of carbonyl (C=O) groups is 2. The van der Waals surface area contributed by atoms with Crippen LogP contribution in [0.4, 0.5) is 0 Å². The molecule has 1 aliphatic rings. The molecular weight excluding hydrogens is 588 g/mol. The van der Waals surface area contributed by atoms with Gasteiger partial charge in [0.15, 0.2) is 34.4 Å². The van der Waals surface area contributed by atoms with Gasteiger partial charge in [-0.3, -0.25) is 9.36 Å². The summed E-state index contributed by atoms with van der Waals surface area (Å²) in [7, 11) is 2.65. The highest BCUT2D eigenvalue weighted by molar-refractivity contribution is 7.07. The van der Waals surface area contributed by atoms with Crippen LogP contribution in [0, 0.1) is 0 Å². The van der Waals surface area contributed by atoms with Crippen molar-refractivity contribution in [1.29, 1.82) is 0 Å². The van der Waals surface area contributed by atoms with E-state index in [4.69, 9.17) is 30.5 Å². The zero-order chi connectivity index (χ0) is 30.6. The largest absolute Gasteiger partial charge is 0.503 e. The maximum Gasteiger partial charge on any atom is 0.343 e. The first-order valence-electron chi connectivity index (χ1n) is 12.9. The van der Waals surface area contributed by atoms with Gasteiger partial charge < -0.3 is 28.8 Å². The van der Waals surface area contributed by atoms with Crippen LogP contribution in [-0.4, -0.2) is 55.7 Å². The number of hydrogen-bond acceptors (Lipinski definition) is 11. The Labute approximate surface area is 249 Å². The summed E-state index contributed by atoms with van der Waals surface area (Å²) in [6, 6.07) is 7.08. The normalized spacial score (nSPS) is 14.6. The second-order valence-electron chi connectivity index (χ2n) is 8.86. The lowest BCUT2D eigenvalue weighted by atomic mass is 9.95. The quantitative estimate of drug-likeness (QED) is 0.341. The lowest BCUT2D eigenvalue weighted by Gasteiger charge is -2.25. The highest BCUT2D eigenvalue weighted by atomic mass is 35.5. The van der Waals surface area contributed by atoms with Crippen molar-refractivity contribution in [1.82, 2.24) is 4.57 Å². The summed E-state index contributed by atoms with van der Waals surface area (Å²) in [5.74, 6) is -0.643. The summed E-state index contributed by atoms with van der Waals surface area (Å²) >= 11 is 7.29. The van der Waals surface area contributed by atoms with E-state index in [2.05, 4.69) is 9.73 Å². The van der Waals surface area contributed by atoms with Gasteiger partial charge in [-0.15, -0.1) is 0 Å². The minimum atomic E-state index is -0.908. The van der Waals surface area contributed by atoms with Gasteiger partial charge in [0.05, 0.1) is 54.3 Å². The highest BCUT2D eigenvalue weighted by Gasteiger charge is 2.34. The van der Waals surface area contributed by atoms with E-state index < -0.39 is 23.5 Å². The number of hydrogen-bond donors (Lipinski definition) is 1. The van der Waals surface area contributed by atoms with Crippen LogP contribution >= 0.6 is 22.9 Å². The number of phenols is 1. The topological polar surface area (TPSA) is 135 Å². The molecule has 0 aliphatic carbocycles. The molecule has 0 spiro atoms. The average molecular weight is 617 g/mol. The van der Waals surface area contributed by atoms with Gasteiger partial charge in [-0.05, 0) is 62.2 Å². The first-order valence-corrected chi connectivity index (χ1v) is 14.0. The molecule has 42 heavy (non-hydrogen) atoms. The summed E-state index contributed by atoms with van der Waals surface area (Å²) in [4.78, 5) is 43.7. The monoisotopic (exact) mass is 616 g/mol. The maximum absolute atomic E-state index is 13.9. The first-order chi connectivity index (χ1) is 20.1. The molecule has 0 saturated carbocycles. The molecule has 2 heterocycles. The number of phenolic OH excluding ortho intramolecular Hbond substituents is 1. The Bertz CT molecular complexity index is 1740. The number of fused-ring (bicyclic) bond motifs is 1. The van der Waals surface area contributed by atoms with Gasteiger partial charge in [0.1, 0.15) is 0 Å². The van der Waals surface area contributed by atoms with E-state index >= 15 is 0 Å². The summed E-state index contributed by atoms with van der Waals surface area (Å²) in [5, 5.41) is 10.2. The SMILES string of the molecule is CCOC(=O)C1=C(C)N=c2s/c(=C\c3cc(Cl)c(O)c(OC)c3)c(=O)n2[C@H]1c1ccc(OCC(=O)OC)c(OCC)c1. The van der Waals surface area contributed by atoms with E-state index in [-0.39, 0.29) is 41.1 Å². The Morgan fingerprint density at radius 2 is 1.86 bits per heavy atom.